The number of aromatic nitrogens is 6. The second-order valence-corrected chi connectivity index (χ2v) is 10.2. The van der Waals surface area contributed by atoms with Crippen molar-refractivity contribution < 1.29 is 14.4 Å². The summed E-state index contributed by atoms with van der Waals surface area (Å²) >= 11 is 0. The zero-order chi connectivity index (χ0) is 27.8. The zero-order valence-electron chi connectivity index (χ0n) is 21.6. The van der Waals surface area contributed by atoms with Crippen LogP contribution in [0.3, 0.4) is 0 Å². The first-order valence-electron chi connectivity index (χ1n) is 13.1. The summed E-state index contributed by atoms with van der Waals surface area (Å²) in [6.45, 7) is 1.64. The Morgan fingerprint density at radius 2 is 1.70 bits per heavy atom. The van der Waals surface area contributed by atoms with Crippen LogP contribution in [-0.2, 0) is 16.0 Å². The number of piperidine rings is 2. The van der Waals surface area contributed by atoms with Crippen molar-refractivity contribution in [2.75, 3.05) is 18.0 Å². The molecule has 204 valence electrons. The zero-order valence-corrected chi connectivity index (χ0v) is 21.6. The highest BCUT2D eigenvalue weighted by Crippen LogP contribution is 2.27. The van der Waals surface area contributed by atoms with Gasteiger partial charge in [-0.1, -0.05) is 10.4 Å². The normalized spacial score (nSPS) is 18.2. The Hall–Kier alpha value is -4.94. The van der Waals surface area contributed by atoms with E-state index < -0.39 is 23.4 Å². The van der Waals surface area contributed by atoms with Crippen molar-refractivity contribution in [1.82, 2.24) is 35.3 Å². The molecule has 2 aliphatic heterocycles. The van der Waals surface area contributed by atoms with E-state index in [1.165, 1.54) is 0 Å². The van der Waals surface area contributed by atoms with Crippen molar-refractivity contribution in [2.45, 2.75) is 38.1 Å². The van der Waals surface area contributed by atoms with Crippen LogP contribution in [0.25, 0.3) is 16.6 Å². The quantitative estimate of drug-likeness (QED) is 0.337. The van der Waals surface area contributed by atoms with Crippen molar-refractivity contribution in [3.8, 4) is 5.69 Å². The number of nitrogens with zero attached hydrogens (tertiary/aromatic N) is 7. The Kier molecular flexibility index (Phi) is 6.54. The number of carbonyl (C=O) groups is 3. The molecule has 0 radical (unpaired) electrons. The van der Waals surface area contributed by atoms with Crippen molar-refractivity contribution in [2.24, 2.45) is 11.7 Å². The number of anilines is 1. The van der Waals surface area contributed by atoms with Crippen molar-refractivity contribution in [3.05, 3.63) is 70.3 Å². The van der Waals surface area contributed by atoms with E-state index in [0.717, 1.165) is 54.1 Å². The lowest BCUT2D eigenvalue weighted by atomic mass is 9.92. The maximum atomic E-state index is 13.2. The van der Waals surface area contributed by atoms with Gasteiger partial charge in [0.2, 0.25) is 11.8 Å². The summed E-state index contributed by atoms with van der Waals surface area (Å²) in [6, 6.07) is 11.6. The lowest BCUT2D eigenvalue weighted by Crippen LogP contribution is -2.45. The van der Waals surface area contributed by atoms with Crippen LogP contribution < -0.4 is 21.5 Å². The SMILES string of the molecule is NC(=O)c1ccc(-n2cc(CC3CCN(c4ccc5nnn(C6CCC(=O)NC6=O)c(=O)c5c4)CC3)nn2)cc1. The lowest BCUT2D eigenvalue weighted by molar-refractivity contribution is -0.136. The highest BCUT2D eigenvalue weighted by atomic mass is 16.2. The third-order valence-corrected chi connectivity index (χ3v) is 7.61. The standard InChI is InChI=1S/C27H27N9O4/c28-25(38)17-1-3-19(4-2-17)35-15-18(30-32-35)13-16-9-11-34(12-10-16)20-5-6-22-21(14-20)27(40)36(33-31-22)23-7-8-24(37)29-26(23)39/h1-6,14-16,23H,7-13H2,(H2,28,38)(H,29,37,39). The molecule has 40 heavy (non-hydrogen) atoms. The number of carbonyl (C=O) groups excluding carboxylic acids is 3. The van der Waals surface area contributed by atoms with Crippen molar-refractivity contribution >= 4 is 34.3 Å². The molecule has 0 saturated carbocycles. The van der Waals surface area contributed by atoms with Crippen LogP contribution in [0.4, 0.5) is 5.69 Å². The Morgan fingerprint density at radius 1 is 0.950 bits per heavy atom. The minimum Gasteiger partial charge on any atom is -0.371 e. The molecule has 0 bridgehead atoms. The number of hydrogen-bond donors (Lipinski definition) is 2. The number of amides is 3. The summed E-state index contributed by atoms with van der Waals surface area (Å²) in [7, 11) is 0. The minimum absolute atomic E-state index is 0.151. The number of benzene rings is 2. The van der Waals surface area contributed by atoms with Gasteiger partial charge in [-0.25, -0.2) is 4.68 Å². The fourth-order valence-electron chi connectivity index (χ4n) is 5.35. The predicted molar refractivity (Wildman–Crippen MR) is 144 cm³/mol. The monoisotopic (exact) mass is 541 g/mol. The molecular weight excluding hydrogens is 514 g/mol. The van der Waals surface area contributed by atoms with Gasteiger partial charge < -0.3 is 10.6 Å². The number of fused-ring (bicyclic) bond motifs is 1. The van der Waals surface area contributed by atoms with Crippen LogP contribution in [0.2, 0.25) is 0 Å². The van der Waals surface area contributed by atoms with Gasteiger partial charge >= 0.3 is 0 Å². The molecular formula is C27H27N9O4. The van der Waals surface area contributed by atoms with Gasteiger partial charge in [-0.2, -0.15) is 4.68 Å². The Bertz CT molecular complexity index is 1670. The Balaban J connectivity index is 1.11. The second-order valence-electron chi connectivity index (χ2n) is 10.2. The first-order valence-corrected chi connectivity index (χ1v) is 13.1. The number of nitrogens with two attached hydrogens (primary N) is 1. The van der Waals surface area contributed by atoms with Crippen LogP contribution >= 0.6 is 0 Å². The number of hydrogen-bond acceptors (Lipinski definition) is 9. The second kappa shape index (κ2) is 10.3. The van der Waals surface area contributed by atoms with Crippen molar-refractivity contribution in [1.29, 1.82) is 0 Å². The molecule has 2 aliphatic rings. The molecule has 4 heterocycles. The molecule has 13 nitrogen and oxygen atoms in total. The third kappa shape index (κ3) is 4.93. The van der Waals surface area contributed by atoms with Crippen LogP contribution in [-0.4, -0.2) is 60.8 Å². The minimum atomic E-state index is -0.853. The van der Waals surface area contributed by atoms with Gasteiger partial charge in [0.15, 0.2) is 0 Å². The highest BCUT2D eigenvalue weighted by molar-refractivity contribution is 5.99. The Labute approximate surface area is 227 Å². The Morgan fingerprint density at radius 3 is 2.42 bits per heavy atom. The lowest BCUT2D eigenvalue weighted by Gasteiger charge is -2.33. The average molecular weight is 542 g/mol. The summed E-state index contributed by atoms with van der Waals surface area (Å²) in [4.78, 5) is 50.6. The molecule has 2 aromatic heterocycles. The molecule has 0 spiro atoms. The third-order valence-electron chi connectivity index (χ3n) is 7.61. The predicted octanol–water partition coefficient (Wildman–Crippen LogP) is 0.908. The fraction of sp³-hybridized carbons (Fsp3) is 0.333. The fourth-order valence-corrected chi connectivity index (χ4v) is 5.35. The van der Waals surface area contributed by atoms with Crippen LogP contribution in [0.5, 0.6) is 0 Å². The molecule has 2 aromatic carbocycles. The molecule has 6 rings (SSSR count). The molecule has 3 N–H and O–H groups in total. The first-order chi connectivity index (χ1) is 19.4. The number of primary amides is 1. The van der Waals surface area contributed by atoms with Gasteiger partial charge in [0, 0.05) is 30.8 Å². The molecule has 0 aliphatic carbocycles. The molecule has 1 unspecified atom stereocenters. The molecule has 1 atom stereocenters. The largest absolute Gasteiger partial charge is 0.371 e. The average Bonchev–Trinajstić information content (AvgIpc) is 3.42. The maximum absolute atomic E-state index is 13.2. The van der Waals surface area contributed by atoms with Gasteiger partial charge in [0.1, 0.15) is 11.6 Å². The summed E-state index contributed by atoms with van der Waals surface area (Å²) in [5.74, 6) is -0.922. The maximum Gasteiger partial charge on any atom is 0.278 e. The van der Waals surface area contributed by atoms with E-state index in [4.69, 9.17) is 5.73 Å². The van der Waals surface area contributed by atoms with E-state index in [0.29, 0.717) is 22.4 Å². The van der Waals surface area contributed by atoms with Gasteiger partial charge in [-0.05, 0) is 74.1 Å². The van der Waals surface area contributed by atoms with Gasteiger partial charge in [0.05, 0.1) is 23.0 Å². The first kappa shape index (κ1) is 25.3. The number of imide groups is 1. The van der Waals surface area contributed by atoms with Crippen molar-refractivity contribution in [3.63, 3.8) is 0 Å². The molecule has 3 amide bonds. The molecule has 4 aromatic rings. The van der Waals surface area contributed by atoms with Crippen LogP contribution in [0.1, 0.15) is 47.8 Å². The molecule has 2 saturated heterocycles. The van der Waals surface area contributed by atoms with Crippen LogP contribution in [0, 0.1) is 5.92 Å². The summed E-state index contributed by atoms with van der Waals surface area (Å²) < 4.78 is 2.77. The van der Waals surface area contributed by atoms with Crippen LogP contribution in [0.15, 0.2) is 53.5 Å². The van der Waals surface area contributed by atoms with Gasteiger partial charge in [-0.3, -0.25) is 24.5 Å². The van der Waals surface area contributed by atoms with E-state index in [1.807, 2.05) is 18.3 Å². The highest BCUT2D eigenvalue weighted by Gasteiger charge is 2.30. The van der Waals surface area contributed by atoms with Gasteiger partial charge in [-0.15, -0.1) is 10.2 Å². The van der Waals surface area contributed by atoms with E-state index in [2.05, 4.69) is 30.8 Å². The molecule has 13 heteroatoms. The summed E-state index contributed by atoms with van der Waals surface area (Å²) in [5.41, 5.74) is 8.42. The van der Waals surface area contributed by atoms with E-state index >= 15 is 0 Å². The van der Waals surface area contributed by atoms with E-state index in [1.54, 1.807) is 35.0 Å². The van der Waals surface area contributed by atoms with Gasteiger partial charge in [0.25, 0.3) is 11.5 Å². The number of nitrogens with one attached hydrogen (secondary N) is 1. The number of rotatable bonds is 6. The molecule has 2 fully saturated rings. The summed E-state index contributed by atoms with van der Waals surface area (Å²) in [5, 5.41) is 19.3. The van der Waals surface area contributed by atoms with E-state index in [-0.39, 0.29) is 18.7 Å². The van der Waals surface area contributed by atoms with E-state index in [9.17, 15) is 19.2 Å². The smallest absolute Gasteiger partial charge is 0.278 e. The topological polar surface area (TPSA) is 171 Å². The summed E-state index contributed by atoms with van der Waals surface area (Å²) in [6.07, 6.45) is 4.98.